The largest absolute Gasteiger partial charge is 0.508 e. The van der Waals surface area contributed by atoms with E-state index in [0.29, 0.717) is 39.0 Å². The van der Waals surface area contributed by atoms with Crippen molar-refractivity contribution in [3.05, 3.63) is 124 Å². The average molecular weight is 739 g/mol. The normalized spacial score (nSPS) is 26.5. The number of ether oxygens (including phenoxy) is 2. The highest BCUT2D eigenvalue weighted by Gasteiger charge is 2.70. The maximum Gasteiger partial charge on any atom is 0.260 e. The maximum absolute atomic E-state index is 15.4. The van der Waals surface area contributed by atoms with Crippen molar-refractivity contribution in [2.45, 2.75) is 24.2 Å². The number of halogens is 2. The van der Waals surface area contributed by atoms with Crippen molar-refractivity contribution in [1.82, 2.24) is 5.01 Å². The number of hydrogen-bond acceptors (Lipinski definition) is 8. The fourth-order valence-corrected chi connectivity index (χ4v) is 9.41. The molecule has 4 amide bonds. The van der Waals surface area contributed by atoms with Gasteiger partial charge in [0, 0.05) is 22.6 Å². The molecule has 52 heavy (non-hydrogen) atoms. The molecule has 8 rings (SSSR count). The first-order chi connectivity index (χ1) is 25.1. The first-order valence-electron chi connectivity index (χ1n) is 16.8. The average Bonchev–Trinajstić information content (AvgIpc) is 3.53. The van der Waals surface area contributed by atoms with Gasteiger partial charge in [0.1, 0.15) is 17.2 Å². The maximum atomic E-state index is 15.4. The van der Waals surface area contributed by atoms with Crippen molar-refractivity contribution >= 4 is 58.2 Å². The lowest BCUT2D eigenvalue weighted by Gasteiger charge is -2.50. The lowest BCUT2D eigenvalue weighted by atomic mass is 9.49. The zero-order valence-electron chi connectivity index (χ0n) is 28.1. The van der Waals surface area contributed by atoms with Crippen molar-refractivity contribution < 1.29 is 33.8 Å². The Balaban J connectivity index is 1.35. The number of hydrazine groups is 1. The molecule has 2 aliphatic heterocycles. The Hall–Kier alpha value is -5.32. The highest BCUT2D eigenvalue weighted by atomic mass is 35.5. The fraction of sp³-hybridized carbons (Fsp3) is 0.250. The molecule has 4 aromatic rings. The van der Waals surface area contributed by atoms with Crippen LogP contribution in [-0.4, -0.2) is 48.0 Å². The molecule has 2 heterocycles. The summed E-state index contributed by atoms with van der Waals surface area (Å²) < 4.78 is 11.3. The Bertz CT molecular complexity index is 2180. The molecule has 2 N–H and O–H groups in total. The Labute approximate surface area is 309 Å². The summed E-state index contributed by atoms with van der Waals surface area (Å²) in [5.74, 6) is -4.77. The van der Waals surface area contributed by atoms with Crippen LogP contribution in [0.15, 0.2) is 103 Å². The van der Waals surface area contributed by atoms with Gasteiger partial charge in [-0.15, -0.1) is 0 Å². The van der Waals surface area contributed by atoms with E-state index in [1.165, 1.54) is 30.2 Å². The molecule has 2 aliphatic carbocycles. The van der Waals surface area contributed by atoms with Gasteiger partial charge in [0.25, 0.3) is 11.8 Å². The van der Waals surface area contributed by atoms with Crippen LogP contribution in [0, 0.1) is 23.7 Å². The predicted molar refractivity (Wildman–Crippen MR) is 194 cm³/mol. The van der Waals surface area contributed by atoms with Crippen LogP contribution >= 0.6 is 23.2 Å². The van der Waals surface area contributed by atoms with E-state index in [1.54, 1.807) is 73.8 Å². The number of methoxy groups -OCH3 is 2. The summed E-state index contributed by atoms with van der Waals surface area (Å²) in [6, 6.07) is 25.2. The van der Waals surface area contributed by atoms with Gasteiger partial charge in [-0.2, -0.15) is 5.01 Å². The third kappa shape index (κ3) is 4.92. The molecule has 0 radical (unpaired) electrons. The van der Waals surface area contributed by atoms with Crippen LogP contribution in [-0.2, 0) is 24.6 Å². The molecule has 10 nitrogen and oxygen atoms in total. The number of benzene rings is 4. The van der Waals surface area contributed by atoms with Crippen LogP contribution in [0.5, 0.6) is 17.2 Å². The lowest BCUT2D eigenvalue weighted by molar-refractivity contribution is -0.138. The third-order valence-corrected chi connectivity index (χ3v) is 11.7. The molecule has 4 aliphatic rings. The minimum Gasteiger partial charge on any atom is -0.508 e. The molecule has 0 unspecified atom stereocenters. The van der Waals surface area contributed by atoms with Crippen molar-refractivity contribution in [3.8, 4) is 17.2 Å². The van der Waals surface area contributed by atoms with Gasteiger partial charge in [-0.3, -0.25) is 29.5 Å². The number of fused-ring (bicyclic) bond motifs is 4. The molecular formula is C40H33Cl2N3O7. The minimum absolute atomic E-state index is 0.0507. The molecule has 0 bridgehead atoms. The number of para-hydroxylation sites is 1. The Kier molecular flexibility index (Phi) is 8.27. The molecule has 1 saturated carbocycles. The molecule has 3 fully saturated rings. The second kappa shape index (κ2) is 12.7. The summed E-state index contributed by atoms with van der Waals surface area (Å²) in [5, 5.41) is 12.1. The number of carbonyl (C=O) groups is 4. The van der Waals surface area contributed by atoms with E-state index in [-0.39, 0.29) is 35.4 Å². The van der Waals surface area contributed by atoms with E-state index in [9.17, 15) is 19.5 Å². The van der Waals surface area contributed by atoms with Crippen LogP contribution < -0.4 is 19.8 Å². The number of phenolic OH excluding ortho intramolecular Hbond substituents is 1. The summed E-state index contributed by atoms with van der Waals surface area (Å²) in [6.07, 6.45) is 2.33. The van der Waals surface area contributed by atoms with Crippen molar-refractivity contribution in [3.63, 3.8) is 0 Å². The number of hydrogen-bond donors (Lipinski definition) is 2. The second-order valence-corrected chi connectivity index (χ2v) is 14.3. The minimum atomic E-state index is -1.57. The Morgan fingerprint density at radius 3 is 2.27 bits per heavy atom. The van der Waals surface area contributed by atoms with Gasteiger partial charge >= 0.3 is 0 Å². The zero-order chi connectivity index (χ0) is 36.5. The monoisotopic (exact) mass is 737 g/mol. The Morgan fingerprint density at radius 1 is 0.827 bits per heavy atom. The van der Waals surface area contributed by atoms with Gasteiger partial charge in [0.05, 0.1) is 53.8 Å². The first-order valence-corrected chi connectivity index (χ1v) is 17.6. The Morgan fingerprint density at radius 2 is 1.58 bits per heavy atom. The van der Waals surface area contributed by atoms with E-state index >= 15 is 4.79 Å². The zero-order valence-corrected chi connectivity index (χ0v) is 29.6. The molecule has 264 valence electrons. The predicted octanol–water partition coefficient (Wildman–Crippen LogP) is 6.91. The van der Waals surface area contributed by atoms with Crippen LogP contribution in [0.2, 0.25) is 10.0 Å². The summed E-state index contributed by atoms with van der Waals surface area (Å²) in [6.45, 7) is 0. The number of nitrogens with zero attached hydrogens (tertiary/aromatic N) is 2. The van der Waals surface area contributed by atoms with Gasteiger partial charge in [0.15, 0.2) is 0 Å². The number of carbonyl (C=O) groups excluding carboxylic acids is 4. The highest BCUT2D eigenvalue weighted by Crippen LogP contribution is 2.65. The molecule has 0 spiro atoms. The third-order valence-electron chi connectivity index (χ3n) is 11.1. The first kappa shape index (κ1) is 33.8. The van der Waals surface area contributed by atoms with E-state index in [4.69, 9.17) is 32.7 Å². The van der Waals surface area contributed by atoms with E-state index in [2.05, 4.69) is 5.43 Å². The topological polar surface area (TPSA) is 125 Å². The summed E-state index contributed by atoms with van der Waals surface area (Å²) >= 11 is 12.7. The van der Waals surface area contributed by atoms with E-state index in [0.717, 1.165) is 10.6 Å². The summed E-state index contributed by atoms with van der Waals surface area (Å²) in [5.41, 5.74) is 4.03. The van der Waals surface area contributed by atoms with Gasteiger partial charge in [0.2, 0.25) is 11.8 Å². The molecule has 4 aromatic carbocycles. The molecule has 0 aromatic heterocycles. The SMILES string of the molecule is COc1ccc([C@@]23C(=O)N(Nc4ccc(Cl)cc4Cl)C(=O)[C@@H]2C[C@@H]2C(=CC[C@@H]4C(=O)N(c5ccccc5)C(=O)[C@@H]42)[C@@H]3c2ccc(O)cc2OC)cc1. The number of rotatable bonds is 7. The standard InChI is InChI=1S/C40H33Cl2N3O7/c1-51-25-12-8-21(9-13-25)40-30(37(48)45(39(40)50)43-32-17-10-22(41)18-31(32)42)20-29-26(35(40)27-14-11-24(46)19-33(27)52-2)15-16-28-34(29)38(49)44(36(28)47)23-6-4-3-5-7-23/h3-15,17-19,28-30,34-35,43,46H,16,20H2,1-2H3/t28-,29+,30-,34-,35+,40+/m0/s1. The van der Waals surface area contributed by atoms with Crippen LogP contribution in [0.4, 0.5) is 11.4 Å². The van der Waals surface area contributed by atoms with E-state index in [1.807, 2.05) is 12.1 Å². The van der Waals surface area contributed by atoms with Crippen molar-refractivity contribution in [2.75, 3.05) is 24.5 Å². The number of amides is 4. The van der Waals surface area contributed by atoms with Gasteiger partial charge in [-0.1, -0.05) is 71.2 Å². The van der Waals surface area contributed by atoms with Crippen molar-refractivity contribution in [1.29, 1.82) is 0 Å². The van der Waals surface area contributed by atoms with Crippen LogP contribution in [0.25, 0.3) is 0 Å². The number of imide groups is 2. The van der Waals surface area contributed by atoms with Crippen LogP contribution in [0.3, 0.4) is 0 Å². The number of nitrogens with one attached hydrogen (secondary N) is 1. The molecule has 2 saturated heterocycles. The molecular weight excluding hydrogens is 705 g/mol. The summed E-state index contributed by atoms with van der Waals surface area (Å²) in [7, 11) is 3.01. The smallest absolute Gasteiger partial charge is 0.260 e. The lowest BCUT2D eigenvalue weighted by Crippen LogP contribution is -2.53. The van der Waals surface area contributed by atoms with Crippen molar-refractivity contribution in [2.24, 2.45) is 23.7 Å². The van der Waals surface area contributed by atoms with Crippen LogP contribution in [0.1, 0.15) is 29.9 Å². The number of anilines is 2. The van der Waals surface area contributed by atoms with E-state index < -0.39 is 46.8 Å². The van der Waals surface area contributed by atoms with Gasteiger partial charge < -0.3 is 14.6 Å². The number of allylic oxidation sites excluding steroid dienone is 2. The second-order valence-electron chi connectivity index (χ2n) is 13.5. The number of aromatic hydroxyl groups is 1. The fourth-order valence-electron chi connectivity index (χ4n) is 8.96. The number of phenols is 1. The summed E-state index contributed by atoms with van der Waals surface area (Å²) in [4.78, 5) is 60.0. The highest BCUT2D eigenvalue weighted by molar-refractivity contribution is 6.36. The quantitative estimate of drug-likeness (QED) is 0.155. The van der Waals surface area contributed by atoms with Gasteiger partial charge in [-0.25, -0.2) is 0 Å². The molecule has 6 atom stereocenters. The molecule has 12 heteroatoms. The van der Waals surface area contributed by atoms with Gasteiger partial charge in [-0.05, 0) is 72.9 Å².